The van der Waals surface area contributed by atoms with Gasteiger partial charge in [0.25, 0.3) is 0 Å². The molecule has 0 aromatic carbocycles. The molecule has 0 N–H and O–H groups in total. The highest BCUT2D eigenvalue weighted by Gasteiger charge is 2.33. The van der Waals surface area contributed by atoms with Gasteiger partial charge in [0.1, 0.15) is 6.10 Å². The summed E-state index contributed by atoms with van der Waals surface area (Å²) in [5.41, 5.74) is 0. The van der Waals surface area contributed by atoms with Crippen LogP contribution >= 0.6 is 0 Å². The van der Waals surface area contributed by atoms with Gasteiger partial charge in [-0.3, -0.25) is 0 Å². The third kappa shape index (κ3) is 3.69. The molecule has 0 saturated heterocycles. The fourth-order valence-electron chi connectivity index (χ4n) is 2.53. The van der Waals surface area contributed by atoms with Crippen molar-refractivity contribution >= 4 is 6.16 Å². The molecule has 0 bridgehead atoms. The Morgan fingerprint density at radius 1 is 1.38 bits per heavy atom. The van der Waals surface area contributed by atoms with Gasteiger partial charge in [-0.2, -0.15) is 0 Å². The van der Waals surface area contributed by atoms with Crippen LogP contribution in [0.15, 0.2) is 0 Å². The second-order valence-corrected chi connectivity index (χ2v) is 5.17. The molecule has 1 aliphatic rings. The van der Waals surface area contributed by atoms with Gasteiger partial charge in [-0.15, -0.1) is 0 Å². The molecular weight excluding hydrogens is 204 g/mol. The molecule has 3 atom stereocenters. The molecule has 0 aromatic heterocycles. The average molecular weight is 228 g/mol. The van der Waals surface area contributed by atoms with Crippen molar-refractivity contribution in [2.75, 3.05) is 6.61 Å². The van der Waals surface area contributed by atoms with Crippen molar-refractivity contribution in [1.29, 1.82) is 0 Å². The molecule has 1 fully saturated rings. The minimum absolute atomic E-state index is 0.0443. The Labute approximate surface area is 98.5 Å². The van der Waals surface area contributed by atoms with Gasteiger partial charge in [0.15, 0.2) is 0 Å². The predicted molar refractivity (Wildman–Crippen MR) is 63.2 cm³/mol. The van der Waals surface area contributed by atoms with E-state index in [0.29, 0.717) is 24.4 Å². The molecule has 94 valence electrons. The minimum Gasteiger partial charge on any atom is -0.435 e. The standard InChI is InChI=1S/C13H24O3/c1-5-15-13(14)16-12-8-10(4)6-7-11(12)9(2)3/h9-12H,5-8H2,1-4H3/t10-,11?,12+/m1/s1. The maximum Gasteiger partial charge on any atom is 0.508 e. The van der Waals surface area contributed by atoms with E-state index in [0.717, 1.165) is 12.8 Å². The Hall–Kier alpha value is -0.730. The maximum atomic E-state index is 11.3. The molecule has 0 aromatic rings. The highest BCUT2D eigenvalue weighted by molar-refractivity contribution is 5.60. The Kier molecular flexibility index (Phi) is 5.10. The van der Waals surface area contributed by atoms with Gasteiger partial charge in [0.05, 0.1) is 6.61 Å². The van der Waals surface area contributed by atoms with Crippen LogP contribution in [-0.4, -0.2) is 18.9 Å². The van der Waals surface area contributed by atoms with Crippen molar-refractivity contribution in [3.8, 4) is 0 Å². The van der Waals surface area contributed by atoms with Crippen molar-refractivity contribution in [2.45, 2.75) is 53.1 Å². The summed E-state index contributed by atoms with van der Waals surface area (Å²) in [4.78, 5) is 11.3. The minimum atomic E-state index is -0.507. The normalized spacial score (nSPS) is 30.2. The van der Waals surface area contributed by atoms with Gasteiger partial charge >= 0.3 is 6.16 Å². The van der Waals surface area contributed by atoms with Crippen molar-refractivity contribution in [2.24, 2.45) is 17.8 Å². The van der Waals surface area contributed by atoms with Crippen LogP contribution in [0.4, 0.5) is 4.79 Å². The zero-order valence-electron chi connectivity index (χ0n) is 10.9. The van der Waals surface area contributed by atoms with Crippen LogP contribution in [0.5, 0.6) is 0 Å². The van der Waals surface area contributed by atoms with Crippen molar-refractivity contribution < 1.29 is 14.3 Å². The zero-order valence-corrected chi connectivity index (χ0v) is 10.9. The maximum absolute atomic E-state index is 11.3. The second kappa shape index (κ2) is 6.12. The first-order chi connectivity index (χ1) is 7.54. The summed E-state index contributed by atoms with van der Waals surface area (Å²) in [5, 5.41) is 0. The summed E-state index contributed by atoms with van der Waals surface area (Å²) < 4.78 is 10.3. The third-order valence-electron chi connectivity index (χ3n) is 3.47. The number of carbonyl (C=O) groups is 1. The fraction of sp³-hybridized carbons (Fsp3) is 0.923. The largest absolute Gasteiger partial charge is 0.508 e. The van der Waals surface area contributed by atoms with E-state index in [2.05, 4.69) is 20.8 Å². The first-order valence-corrected chi connectivity index (χ1v) is 6.38. The molecule has 16 heavy (non-hydrogen) atoms. The summed E-state index contributed by atoms with van der Waals surface area (Å²) >= 11 is 0. The summed E-state index contributed by atoms with van der Waals surface area (Å²) in [6.07, 6.45) is 2.91. The number of rotatable bonds is 3. The van der Waals surface area contributed by atoms with Crippen LogP contribution in [0, 0.1) is 17.8 Å². The van der Waals surface area contributed by atoms with Gasteiger partial charge in [0.2, 0.25) is 0 Å². The number of carbonyl (C=O) groups excluding carboxylic acids is 1. The van der Waals surface area contributed by atoms with Crippen LogP contribution in [0.1, 0.15) is 47.0 Å². The van der Waals surface area contributed by atoms with Gasteiger partial charge in [0, 0.05) is 0 Å². The van der Waals surface area contributed by atoms with E-state index >= 15 is 0 Å². The van der Waals surface area contributed by atoms with E-state index < -0.39 is 6.16 Å². The van der Waals surface area contributed by atoms with E-state index in [-0.39, 0.29) is 6.10 Å². The highest BCUT2D eigenvalue weighted by atomic mass is 16.7. The number of hydrogen-bond acceptors (Lipinski definition) is 3. The number of hydrogen-bond donors (Lipinski definition) is 0. The summed E-state index contributed by atoms with van der Waals surface area (Å²) in [6, 6.07) is 0. The van der Waals surface area contributed by atoms with Crippen molar-refractivity contribution in [1.82, 2.24) is 0 Å². The molecule has 1 aliphatic carbocycles. The zero-order chi connectivity index (χ0) is 12.1. The van der Waals surface area contributed by atoms with E-state index in [1.165, 1.54) is 6.42 Å². The lowest BCUT2D eigenvalue weighted by Crippen LogP contribution is -2.36. The molecular formula is C13H24O3. The van der Waals surface area contributed by atoms with Crippen LogP contribution < -0.4 is 0 Å². The van der Waals surface area contributed by atoms with E-state index in [4.69, 9.17) is 9.47 Å². The van der Waals surface area contributed by atoms with Gasteiger partial charge in [-0.05, 0) is 37.5 Å². The Balaban J connectivity index is 2.54. The van der Waals surface area contributed by atoms with Gasteiger partial charge < -0.3 is 9.47 Å². The van der Waals surface area contributed by atoms with Crippen molar-refractivity contribution in [3.63, 3.8) is 0 Å². The predicted octanol–water partition coefficient (Wildman–Crippen LogP) is 3.62. The topological polar surface area (TPSA) is 35.5 Å². The van der Waals surface area contributed by atoms with Crippen LogP contribution in [0.2, 0.25) is 0 Å². The Morgan fingerprint density at radius 2 is 2.06 bits per heavy atom. The second-order valence-electron chi connectivity index (χ2n) is 5.17. The number of ether oxygens (including phenoxy) is 2. The summed E-state index contributed by atoms with van der Waals surface area (Å²) in [7, 11) is 0. The molecule has 1 saturated carbocycles. The van der Waals surface area contributed by atoms with Gasteiger partial charge in [-0.1, -0.05) is 27.2 Å². The molecule has 3 nitrogen and oxygen atoms in total. The molecule has 0 heterocycles. The lowest BCUT2D eigenvalue weighted by Gasteiger charge is -2.36. The smallest absolute Gasteiger partial charge is 0.435 e. The molecule has 0 amide bonds. The molecule has 1 rings (SSSR count). The van der Waals surface area contributed by atoms with Crippen molar-refractivity contribution in [3.05, 3.63) is 0 Å². The van der Waals surface area contributed by atoms with E-state index in [1.807, 2.05) is 0 Å². The summed E-state index contributed by atoms with van der Waals surface area (Å²) in [5.74, 6) is 1.70. The molecule has 0 radical (unpaired) electrons. The molecule has 0 aliphatic heterocycles. The monoisotopic (exact) mass is 228 g/mol. The average Bonchev–Trinajstić information content (AvgIpc) is 2.17. The van der Waals surface area contributed by atoms with Gasteiger partial charge in [-0.25, -0.2) is 4.79 Å². The first-order valence-electron chi connectivity index (χ1n) is 6.38. The lowest BCUT2D eigenvalue weighted by molar-refractivity contribution is -0.0303. The molecule has 3 heteroatoms. The quantitative estimate of drug-likeness (QED) is 0.692. The first kappa shape index (κ1) is 13.3. The fourth-order valence-corrected chi connectivity index (χ4v) is 2.53. The molecule has 0 spiro atoms. The highest BCUT2D eigenvalue weighted by Crippen LogP contribution is 2.35. The Bertz CT molecular complexity index is 225. The summed E-state index contributed by atoms with van der Waals surface area (Å²) in [6.45, 7) is 8.79. The molecule has 1 unspecified atom stereocenters. The SMILES string of the molecule is CCOC(=O)O[C@H]1C[C@H](C)CCC1C(C)C. The van der Waals surface area contributed by atoms with E-state index in [9.17, 15) is 4.79 Å². The Morgan fingerprint density at radius 3 is 2.62 bits per heavy atom. The third-order valence-corrected chi connectivity index (χ3v) is 3.47. The van der Waals surface area contributed by atoms with Crippen LogP contribution in [0.25, 0.3) is 0 Å². The van der Waals surface area contributed by atoms with E-state index in [1.54, 1.807) is 6.92 Å². The lowest BCUT2D eigenvalue weighted by atomic mass is 9.75. The van der Waals surface area contributed by atoms with Crippen LogP contribution in [0.3, 0.4) is 0 Å². The van der Waals surface area contributed by atoms with Crippen LogP contribution in [-0.2, 0) is 9.47 Å².